The van der Waals surface area contributed by atoms with Crippen LogP contribution < -0.4 is 15.0 Å². The van der Waals surface area contributed by atoms with E-state index in [4.69, 9.17) is 0 Å². The van der Waals surface area contributed by atoms with E-state index in [0.717, 1.165) is 36.4 Å². The lowest BCUT2D eigenvalue weighted by Gasteiger charge is -2.22. The van der Waals surface area contributed by atoms with E-state index >= 15 is 0 Å². The Labute approximate surface area is 262 Å². The maximum absolute atomic E-state index is 12.8. The maximum atomic E-state index is 12.8. The van der Waals surface area contributed by atoms with Gasteiger partial charge >= 0.3 is 12.4 Å². The molecule has 1 saturated heterocycles. The lowest BCUT2D eigenvalue weighted by molar-refractivity contribution is -0.274. The van der Waals surface area contributed by atoms with Crippen LogP contribution in [0.4, 0.5) is 23.7 Å². The van der Waals surface area contributed by atoms with Crippen LogP contribution in [0.3, 0.4) is 0 Å². The van der Waals surface area contributed by atoms with Crippen molar-refractivity contribution in [3.63, 3.8) is 0 Å². The largest absolute Gasteiger partial charge is 0.573 e. The summed E-state index contributed by atoms with van der Waals surface area (Å²) in [4.78, 5) is 23.4. The van der Waals surface area contributed by atoms with E-state index in [1.54, 1.807) is 24.3 Å². The Morgan fingerprint density at radius 3 is 2.60 bits per heavy atom. The van der Waals surface area contributed by atoms with Gasteiger partial charge < -0.3 is 15.0 Å². The van der Waals surface area contributed by atoms with Crippen molar-refractivity contribution in [2.45, 2.75) is 33.1 Å². The van der Waals surface area contributed by atoms with Gasteiger partial charge in [-0.15, -0.1) is 18.3 Å². The molecule has 0 spiro atoms. The van der Waals surface area contributed by atoms with Gasteiger partial charge in [-0.25, -0.2) is 14.5 Å². The van der Waals surface area contributed by atoms with Crippen LogP contribution in [0.2, 0.25) is 0 Å². The number of benzene rings is 3. The van der Waals surface area contributed by atoms with Crippen LogP contribution in [-0.2, 0) is 6.42 Å². The number of allylic oxidation sites excluding steroid dienone is 1. The summed E-state index contributed by atoms with van der Waals surface area (Å²) >= 11 is 1.51. The molecule has 0 bridgehead atoms. The van der Waals surface area contributed by atoms with E-state index in [2.05, 4.69) is 61.2 Å². The lowest BCUT2D eigenvalue weighted by Crippen LogP contribution is -2.27. The summed E-state index contributed by atoms with van der Waals surface area (Å²) in [5.41, 5.74) is 5.35. The van der Waals surface area contributed by atoms with Gasteiger partial charge in [-0.05, 0) is 60.4 Å². The standard InChI is InChI=1S/C32H28F3N7O2S/c1-3-4-23-6-5-21(2)17-28(23)41-15-16-45-31(41)39-30(43)37-19-25(18-36)22-7-9-24(10-8-22)29-38-20-42(40-29)26-11-13-27(14-12-26)44-32(33,34)35/h5-14,17,19-20H,3-4,15-16H2,1-2H3,(H,37,43)/b25-19+,39-31-. The average Bonchev–Trinajstić information content (AvgIpc) is 3.69. The Hall–Kier alpha value is -5.09. The second kappa shape index (κ2) is 13.7. The minimum absolute atomic E-state index is 0.231. The summed E-state index contributed by atoms with van der Waals surface area (Å²) in [6.45, 7) is 4.92. The topological polar surface area (TPSA) is 108 Å². The van der Waals surface area contributed by atoms with Gasteiger partial charge in [0.2, 0.25) is 0 Å². The molecule has 0 saturated carbocycles. The number of hydrogen-bond acceptors (Lipinski definition) is 6. The fraction of sp³-hybridized carbons (Fsp3) is 0.219. The van der Waals surface area contributed by atoms with Crippen molar-refractivity contribution < 1.29 is 22.7 Å². The molecular weight excluding hydrogens is 603 g/mol. The molecule has 45 heavy (non-hydrogen) atoms. The third-order valence-corrected chi connectivity index (χ3v) is 7.72. The monoisotopic (exact) mass is 631 g/mol. The molecule has 1 aliphatic heterocycles. The number of ether oxygens (including phenoxy) is 1. The van der Waals surface area contributed by atoms with Crippen molar-refractivity contribution in [3.8, 4) is 28.9 Å². The zero-order chi connectivity index (χ0) is 32.0. The number of amidine groups is 1. The fourth-order valence-electron chi connectivity index (χ4n) is 4.68. The van der Waals surface area contributed by atoms with Crippen molar-refractivity contribution in [2.24, 2.45) is 4.99 Å². The molecule has 5 rings (SSSR count). The van der Waals surface area contributed by atoms with E-state index in [0.29, 0.717) is 27.8 Å². The number of halogens is 3. The molecule has 3 aromatic carbocycles. The van der Waals surface area contributed by atoms with Gasteiger partial charge in [-0.2, -0.15) is 10.3 Å². The first-order valence-corrected chi connectivity index (χ1v) is 15.0. The number of nitriles is 1. The smallest absolute Gasteiger partial charge is 0.406 e. The number of nitrogens with zero attached hydrogens (tertiary/aromatic N) is 6. The predicted octanol–water partition coefficient (Wildman–Crippen LogP) is 7.28. The van der Waals surface area contributed by atoms with Crippen molar-refractivity contribution in [3.05, 3.63) is 95.9 Å². The molecular formula is C32H28F3N7O2S. The first-order valence-electron chi connectivity index (χ1n) is 14.0. The van der Waals surface area contributed by atoms with E-state index < -0.39 is 12.4 Å². The molecule has 2 amide bonds. The number of amides is 2. The molecule has 0 aliphatic carbocycles. The summed E-state index contributed by atoms with van der Waals surface area (Å²) in [6, 6.07) is 20.0. The van der Waals surface area contributed by atoms with Gasteiger partial charge in [0.1, 0.15) is 18.1 Å². The van der Waals surface area contributed by atoms with Gasteiger partial charge in [0.25, 0.3) is 0 Å². The van der Waals surface area contributed by atoms with Crippen LogP contribution in [-0.4, -0.2) is 44.6 Å². The molecule has 0 radical (unpaired) electrons. The summed E-state index contributed by atoms with van der Waals surface area (Å²) in [5, 5.41) is 17.4. The number of aliphatic imine (C=N–C) groups is 1. The third-order valence-electron chi connectivity index (χ3n) is 6.77. The summed E-state index contributed by atoms with van der Waals surface area (Å²) in [6.07, 6.45) is -0.0630. The Morgan fingerprint density at radius 2 is 1.91 bits per heavy atom. The highest BCUT2D eigenvalue weighted by atomic mass is 32.2. The molecule has 0 unspecified atom stereocenters. The van der Waals surface area contributed by atoms with Crippen molar-refractivity contribution in [1.82, 2.24) is 20.1 Å². The van der Waals surface area contributed by atoms with E-state index in [1.807, 2.05) is 6.92 Å². The fourth-order valence-corrected chi connectivity index (χ4v) is 5.63. The molecule has 1 aliphatic rings. The van der Waals surface area contributed by atoms with Gasteiger partial charge in [0.05, 0.1) is 11.3 Å². The second-order valence-electron chi connectivity index (χ2n) is 10.0. The number of nitrogens with one attached hydrogen (secondary N) is 1. The molecule has 4 aromatic rings. The highest BCUT2D eigenvalue weighted by Gasteiger charge is 2.31. The highest BCUT2D eigenvalue weighted by molar-refractivity contribution is 8.14. The summed E-state index contributed by atoms with van der Waals surface area (Å²) in [7, 11) is 0. The van der Waals surface area contributed by atoms with E-state index in [-0.39, 0.29) is 11.3 Å². The van der Waals surface area contributed by atoms with Crippen LogP contribution in [0, 0.1) is 18.3 Å². The Kier molecular flexibility index (Phi) is 9.53. The van der Waals surface area contributed by atoms with E-state index in [1.165, 1.54) is 58.8 Å². The predicted molar refractivity (Wildman–Crippen MR) is 168 cm³/mol. The van der Waals surface area contributed by atoms with Crippen LogP contribution in [0.5, 0.6) is 5.75 Å². The van der Waals surface area contributed by atoms with Crippen LogP contribution in [0.15, 0.2) is 84.2 Å². The summed E-state index contributed by atoms with van der Waals surface area (Å²) < 4.78 is 42.6. The normalized spacial score (nSPS) is 14.4. The van der Waals surface area contributed by atoms with Crippen LogP contribution >= 0.6 is 11.8 Å². The Balaban J connectivity index is 1.25. The number of alkyl halides is 3. The molecule has 1 aromatic heterocycles. The first kappa shape index (κ1) is 31.3. The number of rotatable bonds is 8. The second-order valence-corrected chi connectivity index (χ2v) is 11.1. The zero-order valence-corrected chi connectivity index (χ0v) is 25.2. The van der Waals surface area contributed by atoms with Crippen molar-refractivity contribution in [1.29, 1.82) is 5.26 Å². The van der Waals surface area contributed by atoms with Crippen molar-refractivity contribution in [2.75, 3.05) is 17.2 Å². The number of anilines is 1. The molecule has 9 nitrogen and oxygen atoms in total. The number of aromatic nitrogens is 3. The molecule has 0 atom stereocenters. The van der Waals surface area contributed by atoms with Crippen LogP contribution in [0.25, 0.3) is 22.6 Å². The Bertz CT molecular complexity index is 1780. The van der Waals surface area contributed by atoms with Gasteiger partial charge in [-0.1, -0.05) is 61.5 Å². The third kappa shape index (κ3) is 7.90. The number of carbonyl (C=O) groups is 1. The molecule has 230 valence electrons. The number of urea groups is 1. The average molecular weight is 632 g/mol. The Morgan fingerprint density at radius 1 is 1.16 bits per heavy atom. The maximum Gasteiger partial charge on any atom is 0.573 e. The molecule has 1 N–H and O–H groups in total. The van der Waals surface area contributed by atoms with Gasteiger partial charge in [-0.3, -0.25) is 0 Å². The van der Waals surface area contributed by atoms with Crippen LogP contribution in [0.1, 0.15) is 30.0 Å². The lowest BCUT2D eigenvalue weighted by atomic mass is 10.0. The number of thioether (sulfide) groups is 1. The quantitative estimate of drug-likeness (QED) is 0.204. The number of hydrogen-bond donors (Lipinski definition) is 1. The summed E-state index contributed by atoms with van der Waals surface area (Å²) in [5.74, 6) is 0.848. The SMILES string of the molecule is CCCc1ccc(C)cc1N1CCS/C1=N\C(=O)N/C=C(\C#N)c1ccc(-c2ncn(-c3ccc(OC(F)(F)F)cc3)n2)cc1. The van der Waals surface area contributed by atoms with Gasteiger partial charge in [0.15, 0.2) is 11.0 Å². The molecule has 13 heteroatoms. The zero-order valence-electron chi connectivity index (χ0n) is 24.4. The number of aryl methyl sites for hydroxylation is 2. The first-order chi connectivity index (χ1) is 21.6. The minimum Gasteiger partial charge on any atom is -0.406 e. The minimum atomic E-state index is -4.77. The highest BCUT2D eigenvalue weighted by Crippen LogP contribution is 2.31. The molecule has 2 heterocycles. The molecule has 1 fully saturated rings. The number of carbonyl (C=O) groups excluding carboxylic acids is 1. The van der Waals surface area contributed by atoms with Crippen molar-refractivity contribution >= 4 is 34.2 Å². The van der Waals surface area contributed by atoms with Gasteiger partial charge in [0, 0.05) is 29.7 Å². The van der Waals surface area contributed by atoms with E-state index in [9.17, 15) is 23.2 Å².